The summed E-state index contributed by atoms with van der Waals surface area (Å²) in [5, 5.41) is 3.31. The Balaban J connectivity index is 1.55. The summed E-state index contributed by atoms with van der Waals surface area (Å²) in [6.45, 7) is 3.11. The van der Waals surface area contributed by atoms with Crippen LogP contribution < -0.4 is 10.2 Å². The first-order chi connectivity index (χ1) is 9.81. The third-order valence-corrected chi connectivity index (χ3v) is 4.07. The van der Waals surface area contributed by atoms with Gasteiger partial charge in [-0.3, -0.25) is 0 Å². The summed E-state index contributed by atoms with van der Waals surface area (Å²) < 4.78 is 1.13. The number of nitrogens with one attached hydrogen (secondary N) is 1. The standard InChI is InChI=1S/C15H17BrN4/c16-13-3-1-4-14(9-13)20-8-5-12(11-20)10-19-15-17-6-2-7-18-15/h1-4,6-7,9,12H,5,8,10-11H2,(H,17,18,19)/t12-/m0/s1. The normalized spacial score (nSPS) is 18.2. The molecular formula is C15H17BrN4. The molecule has 2 heterocycles. The van der Waals surface area contributed by atoms with Crippen molar-refractivity contribution in [1.29, 1.82) is 0 Å². The monoisotopic (exact) mass is 332 g/mol. The van der Waals surface area contributed by atoms with Gasteiger partial charge in [0.25, 0.3) is 0 Å². The maximum atomic E-state index is 4.19. The van der Waals surface area contributed by atoms with E-state index in [0.717, 1.165) is 24.1 Å². The van der Waals surface area contributed by atoms with Crippen LogP contribution in [-0.2, 0) is 0 Å². The first-order valence-corrected chi connectivity index (χ1v) is 7.62. The van der Waals surface area contributed by atoms with E-state index >= 15 is 0 Å². The number of hydrogen-bond donors (Lipinski definition) is 1. The van der Waals surface area contributed by atoms with Crippen LogP contribution >= 0.6 is 15.9 Å². The summed E-state index contributed by atoms with van der Waals surface area (Å²) in [6, 6.07) is 10.3. The molecule has 3 rings (SSSR count). The van der Waals surface area contributed by atoms with E-state index in [2.05, 4.69) is 60.4 Å². The molecule has 1 aromatic carbocycles. The van der Waals surface area contributed by atoms with E-state index in [1.54, 1.807) is 12.4 Å². The summed E-state index contributed by atoms with van der Waals surface area (Å²) in [4.78, 5) is 10.8. The molecule has 104 valence electrons. The van der Waals surface area contributed by atoms with Crippen LogP contribution in [0.15, 0.2) is 47.2 Å². The first-order valence-electron chi connectivity index (χ1n) is 6.82. The molecule has 1 atom stereocenters. The molecule has 0 radical (unpaired) electrons. The van der Waals surface area contributed by atoms with Gasteiger partial charge in [0, 0.05) is 42.2 Å². The first kappa shape index (κ1) is 13.4. The highest BCUT2D eigenvalue weighted by Gasteiger charge is 2.22. The molecule has 0 bridgehead atoms. The van der Waals surface area contributed by atoms with Crippen LogP contribution in [0, 0.1) is 5.92 Å². The van der Waals surface area contributed by atoms with Crippen LogP contribution in [0.1, 0.15) is 6.42 Å². The molecular weight excluding hydrogens is 316 g/mol. The van der Waals surface area contributed by atoms with Crippen molar-refractivity contribution < 1.29 is 0 Å². The molecule has 1 fully saturated rings. The van der Waals surface area contributed by atoms with Gasteiger partial charge in [0.05, 0.1) is 0 Å². The van der Waals surface area contributed by atoms with Gasteiger partial charge >= 0.3 is 0 Å². The molecule has 5 heteroatoms. The van der Waals surface area contributed by atoms with Crippen LogP contribution in [0.5, 0.6) is 0 Å². The van der Waals surface area contributed by atoms with Crippen LogP contribution in [0.3, 0.4) is 0 Å². The van der Waals surface area contributed by atoms with E-state index in [4.69, 9.17) is 0 Å². The van der Waals surface area contributed by atoms with Gasteiger partial charge in [-0.15, -0.1) is 0 Å². The Bertz CT molecular complexity index is 561. The zero-order chi connectivity index (χ0) is 13.8. The van der Waals surface area contributed by atoms with E-state index in [1.807, 2.05) is 6.07 Å². The van der Waals surface area contributed by atoms with E-state index in [-0.39, 0.29) is 0 Å². The average Bonchev–Trinajstić information content (AvgIpc) is 2.95. The third-order valence-electron chi connectivity index (χ3n) is 3.57. The Hall–Kier alpha value is -1.62. The van der Waals surface area contributed by atoms with Gasteiger partial charge in [-0.1, -0.05) is 22.0 Å². The highest BCUT2D eigenvalue weighted by Crippen LogP contribution is 2.26. The van der Waals surface area contributed by atoms with Crippen LogP contribution in [0.4, 0.5) is 11.6 Å². The minimum Gasteiger partial charge on any atom is -0.371 e. The van der Waals surface area contributed by atoms with Crippen molar-refractivity contribution in [2.24, 2.45) is 5.92 Å². The summed E-state index contributed by atoms with van der Waals surface area (Å²) >= 11 is 3.53. The third kappa shape index (κ3) is 3.28. The molecule has 1 N–H and O–H groups in total. The van der Waals surface area contributed by atoms with E-state index < -0.39 is 0 Å². The molecule has 0 spiro atoms. The smallest absolute Gasteiger partial charge is 0.222 e. The highest BCUT2D eigenvalue weighted by molar-refractivity contribution is 9.10. The maximum Gasteiger partial charge on any atom is 0.222 e. The molecule has 1 aliphatic heterocycles. The number of halogens is 1. The Labute approximate surface area is 127 Å². The number of benzene rings is 1. The number of rotatable bonds is 4. The van der Waals surface area contributed by atoms with Gasteiger partial charge < -0.3 is 10.2 Å². The van der Waals surface area contributed by atoms with E-state index in [0.29, 0.717) is 11.9 Å². The number of aromatic nitrogens is 2. The van der Waals surface area contributed by atoms with Gasteiger partial charge in [0.2, 0.25) is 5.95 Å². The molecule has 0 saturated carbocycles. The van der Waals surface area contributed by atoms with Crippen molar-refractivity contribution in [3.63, 3.8) is 0 Å². The zero-order valence-corrected chi connectivity index (χ0v) is 12.8. The van der Waals surface area contributed by atoms with E-state index in [1.165, 1.54) is 12.1 Å². The average molecular weight is 333 g/mol. The summed E-state index contributed by atoms with van der Waals surface area (Å²) in [5.41, 5.74) is 1.29. The number of hydrogen-bond acceptors (Lipinski definition) is 4. The molecule has 1 aliphatic rings. The molecule has 0 aliphatic carbocycles. The van der Waals surface area contributed by atoms with Crippen molar-refractivity contribution in [2.75, 3.05) is 29.9 Å². The zero-order valence-electron chi connectivity index (χ0n) is 11.2. The summed E-state index contributed by atoms with van der Waals surface area (Å²) in [5.74, 6) is 1.35. The SMILES string of the molecule is Brc1cccc(N2CC[C@@H](CNc3ncccn3)C2)c1. The molecule has 2 aromatic rings. The lowest BCUT2D eigenvalue weighted by molar-refractivity contribution is 0.619. The molecule has 1 saturated heterocycles. The Morgan fingerprint density at radius 3 is 2.90 bits per heavy atom. The Morgan fingerprint density at radius 1 is 1.25 bits per heavy atom. The lowest BCUT2D eigenvalue weighted by Gasteiger charge is -2.19. The molecule has 0 unspecified atom stereocenters. The second kappa shape index (κ2) is 6.22. The van der Waals surface area contributed by atoms with Crippen molar-refractivity contribution in [1.82, 2.24) is 9.97 Å². The van der Waals surface area contributed by atoms with Gasteiger partial charge in [-0.2, -0.15) is 0 Å². The lowest BCUT2D eigenvalue weighted by Crippen LogP contribution is -2.22. The molecule has 0 amide bonds. The fourth-order valence-electron chi connectivity index (χ4n) is 2.53. The Kier molecular flexibility index (Phi) is 4.16. The number of anilines is 2. The second-order valence-corrected chi connectivity index (χ2v) is 5.95. The Morgan fingerprint density at radius 2 is 2.10 bits per heavy atom. The molecule has 4 nitrogen and oxygen atoms in total. The predicted octanol–water partition coefficient (Wildman–Crippen LogP) is 3.18. The van der Waals surface area contributed by atoms with Crippen LogP contribution in [0.25, 0.3) is 0 Å². The van der Waals surface area contributed by atoms with Gasteiger partial charge in [0.15, 0.2) is 0 Å². The largest absolute Gasteiger partial charge is 0.371 e. The van der Waals surface area contributed by atoms with E-state index in [9.17, 15) is 0 Å². The quantitative estimate of drug-likeness (QED) is 0.933. The molecule has 1 aromatic heterocycles. The fraction of sp³-hybridized carbons (Fsp3) is 0.333. The van der Waals surface area contributed by atoms with Crippen LogP contribution in [-0.4, -0.2) is 29.6 Å². The van der Waals surface area contributed by atoms with Crippen molar-refractivity contribution in [3.8, 4) is 0 Å². The maximum absolute atomic E-state index is 4.19. The topological polar surface area (TPSA) is 41.0 Å². The summed E-state index contributed by atoms with van der Waals surface area (Å²) in [6.07, 6.45) is 4.72. The minimum atomic E-state index is 0.637. The fourth-order valence-corrected chi connectivity index (χ4v) is 2.92. The second-order valence-electron chi connectivity index (χ2n) is 5.03. The van der Waals surface area contributed by atoms with Crippen LogP contribution in [0.2, 0.25) is 0 Å². The number of nitrogens with zero attached hydrogens (tertiary/aromatic N) is 3. The van der Waals surface area contributed by atoms with Gasteiger partial charge in [-0.25, -0.2) is 9.97 Å². The van der Waals surface area contributed by atoms with Gasteiger partial charge in [-0.05, 0) is 36.6 Å². The summed E-state index contributed by atoms with van der Waals surface area (Å²) in [7, 11) is 0. The lowest BCUT2D eigenvalue weighted by atomic mass is 10.1. The van der Waals surface area contributed by atoms with Crippen molar-refractivity contribution in [3.05, 3.63) is 47.2 Å². The molecule has 20 heavy (non-hydrogen) atoms. The predicted molar refractivity (Wildman–Crippen MR) is 85.0 cm³/mol. The van der Waals surface area contributed by atoms with Crippen molar-refractivity contribution in [2.45, 2.75) is 6.42 Å². The minimum absolute atomic E-state index is 0.637. The van der Waals surface area contributed by atoms with Gasteiger partial charge in [0.1, 0.15) is 0 Å². The highest BCUT2D eigenvalue weighted by atomic mass is 79.9. The van der Waals surface area contributed by atoms with Crippen molar-refractivity contribution >= 4 is 27.6 Å².